The molecule has 0 aliphatic rings. The number of imidazole rings is 1. The molecule has 0 aliphatic heterocycles. The predicted molar refractivity (Wildman–Crippen MR) is 136 cm³/mol. The molecule has 0 atom stereocenters. The summed E-state index contributed by atoms with van der Waals surface area (Å²) in [5, 5.41) is 9.23. The summed E-state index contributed by atoms with van der Waals surface area (Å²) >= 11 is 7.22. The third-order valence-electron chi connectivity index (χ3n) is 5.28. The van der Waals surface area contributed by atoms with Crippen molar-refractivity contribution < 1.29 is 14.3 Å². The van der Waals surface area contributed by atoms with E-state index in [1.807, 2.05) is 43.5 Å². The molecule has 0 saturated carbocycles. The van der Waals surface area contributed by atoms with Gasteiger partial charge in [-0.2, -0.15) is 0 Å². The van der Waals surface area contributed by atoms with E-state index in [0.29, 0.717) is 46.2 Å². The largest absolute Gasteiger partial charge is 0.382 e. The lowest BCUT2D eigenvalue weighted by Crippen LogP contribution is -2.21. The summed E-state index contributed by atoms with van der Waals surface area (Å²) in [6.45, 7) is 7.86. The molecule has 33 heavy (non-hydrogen) atoms. The molecular formula is C23H30ClN5O3S. The molecule has 8 nitrogen and oxygen atoms in total. The maximum absolute atomic E-state index is 12.6. The fourth-order valence-corrected chi connectivity index (χ4v) is 4.47. The minimum atomic E-state index is -0.405. The highest BCUT2D eigenvalue weighted by Crippen LogP contribution is 2.27. The Labute approximate surface area is 202 Å². The van der Waals surface area contributed by atoms with Crippen LogP contribution in [0.5, 0.6) is 0 Å². The second kappa shape index (κ2) is 12.0. The van der Waals surface area contributed by atoms with Gasteiger partial charge < -0.3 is 14.6 Å². The Morgan fingerprint density at radius 1 is 1.12 bits per heavy atom. The number of urea groups is 1. The van der Waals surface area contributed by atoms with E-state index in [-0.39, 0.29) is 11.8 Å². The molecule has 0 aliphatic carbocycles. The normalized spacial score (nSPS) is 11.2. The number of benzene rings is 1. The van der Waals surface area contributed by atoms with Crippen LogP contribution in [0.4, 0.5) is 21.4 Å². The van der Waals surface area contributed by atoms with Crippen molar-refractivity contribution in [2.75, 3.05) is 29.2 Å². The first kappa shape index (κ1) is 25.0. The Hall–Kier alpha value is -2.62. The smallest absolute Gasteiger partial charge is 0.326 e. The lowest BCUT2D eigenvalue weighted by atomic mass is 10.0. The van der Waals surface area contributed by atoms with Crippen LogP contribution in [0.25, 0.3) is 11.0 Å². The summed E-state index contributed by atoms with van der Waals surface area (Å²) in [5.74, 6) is 0.399. The number of carbonyl (C=O) groups is 2. The zero-order chi connectivity index (χ0) is 23.8. The van der Waals surface area contributed by atoms with Gasteiger partial charge in [-0.15, -0.1) is 11.3 Å². The molecule has 0 radical (unpaired) electrons. The first-order valence-corrected chi connectivity index (χ1v) is 12.4. The summed E-state index contributed by atoms with van der Waals surface area (Å²) in [5.41, 5.74) is 2.23. The molecule has 0 unspecified atom stereocenters. The molecule has 0 bridgehead atoms. The molecule has 3 rings (SSSR count). The number of rotatable bonds is 11. The number of amides is 3. The summed E-state index contributed by atoms with van der Waals surface area (Å²) in [4.78, 5) is 29.7. The quantitative estimate of drug-likeness (QED) is 0.278. The highest BCUT2D eigenvalue weighted by Gasteiger charge is 2.17. The molecule has 0 fully saturated rings. The van der Waals surface area contributed by atoms with Crippen molar-refractivity contribution in [3.05, 3.63) is 34.7 Å². The van der Waals surface area contributed by atoms with Gasteiger partial charge in [-0.05, 0) is 56.5 Å². The first-order chi connectivity index (χ1) is 15.9. The van der Waals surface area contributed by atoms with E-state index in [4.69, 9.17) is 16.3 Å². The summed E-state index contributed by atoms with van der Waals surface area (Å²) in [6.07, 6.45) is 2.35. The minimum absolute atomic E-state index is 0.00262. The SMILES string of the molecule is CCOCCCn1c(NC(=O)Nc2ccc(Cl)s2)nc2cc(NC(=O)C(CC)CC)ccc21. The molecule has 0 saturated heterocycles. The number of thiophene rings is 1. The van der Waals surface area contributed by atoms with Gasteiger partial charge in [0.05, 0.1) is 20.4 Å². The molecule has 3 N–H and O–H groups in total. The number of aromatic nitrogens is 2. The monoisotopic (exact) mass is 491 g/mol. The number of halogens is 1. The van der Waals surface area contributed by atoms with Crippen LogP contribution in [0.2, 0.25) is 4.34 Å². The topological polar surface area (TPSA) is 97.3 Å². The number of carbonyl (C=O) groups excluding carboxylic acids is 2. The van der Waals surface area contributed by atoms with Gasteiger partial charge in [-0.25, -0.2) is 9.78 Å². The van der Waals surface area contributed by atoms with Gasteiger partial charge in [0.15, 0.2) is 0 Å². The third kappa shape index (κ3) is 6.69. The zero-order valence-corrected chi connectivity index (χ0v) is 20.7. The Morgan fingerprint density at radius 3 is 2.58 bits per heavy atom. The molecule has 10 heteroatoms. The Kier molecular flexibility index (Phi) is 9.11. The predicted octanol–water partition coefficient (Wildman–Crippen LogP) is 6.20. The second-order valence-corrected chi connectivity index (χ2v) is 9.24. The number of ether oxygens (including phenoxy) is 1. The highest BCUT2D eigenvalue weighted by molar-refractivity contribution is 7.20. The minimum Gasteiger partial charge on any atom is -0.382 e. The highest BCUT2D eigenvalue weighted by atomic mass is 35.5. The number of anilines is 3. The Balaban J connectivity index is 1.82. The van der Waals surface area contributed by atoms with Crippen LogP contribution in [-0.2, 0) is 16.1 Å². The average molecular weight is 492 g/mol. The summed E-state index contributed by atoms with van der Waals surface area (Å²) in [6, 6.07) is 8.66. The average Bonchev–Trinajstić information content (AvgIpc) is 3.34. The fraction of sp³-hybridized carbons (Fsp3) is 0.435. The van der Waals surface area contributed by atoms with Gasteiger partial charge in [-0.1, -0.05) is 25.4 Å². The van der Waals surface area contributed by atoms with Crippen LogP contribution in [-0.4, -0.2) is 34.7 Å². The van der Waals surface area contributed by atoms with Gasteiger partial charge in [0, 0.05) is 31.4 Å². The van der Waals surface area contributed by atoms with Crippen molar-refractivity contribution in [1.82, 2.24) is 9.55 Å². The number of hydrogen-bond donors (Lipinski definition) is 3. The molecule has 3 aromatic rings. The molecule has 178 valence electrons. The number of fused-ring (bicyclic) bond motifs is 1. The number of aryl methyl sites for hydroxylation is 1. The van der Waals surface area contributed by atoms with Gasteiger partial charge >= 0.3 is 6.03 Å². The van der Waals surface area contributed by atoms with Crippen LogP contribution in [0, 0.1) is 5.92 Å². The van der Waals surface area contributed by atoms with Gasteiger partial charge in [0.2, 0.25) is 11.9 Å². The van der Waals surface area contributed by atoms with Crippen LogP contribution < -0.4 is 16.0 Å². The van der Waals surface area contributed by atoms with Crippen molar-refractivity contribution in [1.29, 1.82) is 0 Å². The maximum atomic E-state index is 12.6. The van der Waals surface area contributed by atoms with E-state index in [0.717, 1.165) is 24.8 Å². The van der Waals surface area contributed by atoms with E-state index in [9.17, 15) is 9.59 Å². The van der Waals surface area contributed by atoms with E-state index in [1.165, 1.54) is 11.3 Å². The number of hydrogen-bond acceptors (Lipinski definition) is 5. The van der Waals surface area contributed by atoms with Gasteiger partial charge in [0.25, 0.3) is 0 Å². The zero-order valence-electron chi connectivity index (χ0n) is 19.1. The third-order valence-corrected chi connectivity index (χ3v) is 6.43. The van der Waals surface area contributed by atoms with E-state index < -0.39 is 6.03 Å². The van der Waals surface area contributed by atoms with Crippen LogP contribution in [0.1, 0.15) is 40.0 Å². The molecule has 1 aromatic carbocycles. The number of nitrogens with one attached hydrogen (secondary N) is 3. The second-order valence-electron chi connectivity index (χ2n) is 7.53. The number of nitrogens with zero attached hydrogens (tertiary/aromatic N) is 2. The summed E-state index contributed by atoms with van der Waals surface area (Å²) in [7, 11) is 0. The Morgan fingerprint density at radius 2 is 1.91 bits per heavy atom. The lowest BCUT2D eigenvalue weighted by Gasteiger charge is -2.13. The molecule has 0 spiro atoms. The van der Waals surface area contributed by atoms with Crippen molar-refractivity contribution in [3.63, 3.8) is 0 Å². The molecular weight excluding hydrogens is 462 g/mol. The standard InChI is InChI=1S/C23H30ClN5O3S/c1-4-15(5-2)21(30)25-16-8-9-18-17(14-16)26-22(29(18)12-7-13-32-6-3)28-23(31)27-20-11-10-19(24)33-20/h8-11,14-15H,4-7,12-13H2,1-3H3,(H,25,30)(H2,26,27,28,31). The maximum Gasteiger partial charge on any atom is 0.326 e. The van der Waals surface area contributed by atoms with Crippen LogP contribution >= 0.6 is 22.9 Å². The van der Waals surface area contributed by atoms with Crippen LogP contribution in [0.3, 0.4) is 0 Å². The first-order valence-electron chi connectivity index (χ1n) is 11.2. The molecule has 3 amide bonds. The molecule has 2 aromatic heterocycles. The fourth-order valence-electron chi connectivity index (χ4n) is 3.53. The molecule has 2 heterocycles. The van der Waals surface area contributed by atoms with Gasteiger partial charge in [-0.3, -0.25) is 15.4 Å². The summed E-state index contributed by atoms with van der Waals surface area (Å²) < 4.78 is 8.00. The van der Waals surface area contributed by atoms with E-state index >= 15 is 0 Å². The van der Waals surface area contributed by atoms with E-state index in [1.54, 1.807) is 12.1 Å². The van der Waals surface area contributed by atoms with Crippen molar-refractivity contribution >= 4 is 62.5 Å². The van der Waals surface area contributed by atoms with Crippen molar-refractivity contribution in [3.8, 4) is 0 Å². The van der Waals surface area contributed by atoms with Crippen molar-refractivity contribution in [2.45, 2.75) is 46.6 Å². The van der Waals surface area contributed by atoms with Crippen LogP contribution in [0.15, 0.2) is 30.3 Å². The van der Waals surface area contributed by atoms with Gasteiger partial charge in [0.1, 0.15) is 0 Å². The van der Waals surface area contributed by atoms with E-state index in [2.05, 4.69) is 20.9 Å². The van der Waals surface area contributed by atoms with Crippen molar-refractivity contribution in [2.24, 2.45) is 5.92 Å². The Bertz CT molecular complexity index is 1090. The lowest BCUT2D eigenvalue weighted by molar-refractivity contribution is -0.120.